The molecule has 0 aromatic carbocycles. The number of piperidine rings is 1. The van der Waals surface area contributed by atoms with E-state index in [2.05, 4.69) is 25.3 Å². The van der Waals surface area contributed by atoms with E-state index in [0.717, 1.165) is 19.5 Å². The topological polar surface area (TPSA) is 92.8 Å². The molecule has 112 valence electrons. The highest BCUT2D eigenvalue weighted by molar-refractivity contribution is 6.28. The zero-order valence-corrected chi connectivity index (χ0v) is 12.2. The number of aromatic nitrogens is 4. The molecule has 3 heterocycles. The molecule has 1 aliphatic rings. The van der Waals surface area contributed by atoms with Crippen LogP contribution in [0.4, 0.5) is 0 Å². The quantitative estimate of drug-likeness (QED) is 0.657. The lowest BCUT2D eigenvalue weighted by Gasteiger charge is -2.22. The zero-order chi connectivity index (χ0) is 14.7. The number of esters is 1. The van der Waals surface area contributed by atoms with Gasteiger partial charge in [0.2, 0.25) is 5.28 Å². The van der Waals surface area contributed by atoms with Crippen molar-refractivity contribution in [2.24, 2.45) is 5.92 Å². The van der Waals surface area contributed by atoms with Crippen molar-refractivity contribution >= 4 is 28.7 Å². The third kappa shape index (κ3) is 3.30. The first kappa shape index (κ1) is 14.2. The summed E-state index contributed by atoms with van der Waals surface area (Å²) in [6.45, 7) is 2.44. The van der Waals surface area contributed by atoms with Crippen molar-refractivity contribution < 1.29 is 9.53 Å². The Bertz CT molecular complexity index is 639. The van der Waals surface area contributed by atoms with Crippen LogP contribution in [0.25, 0.3) is 11.2 Å². The van der Waals surface area contributed by atoms with E-state index in [0.29, 0.717) is 23.7 Å². The maximum Gasteiger partial charge on any atom is 0.359 e. The fourth-order valence-electron chi connectivity index (χ4n) is 2.51. The van der Waals surface area contributed by atoms with Gasteiger partial charge in [0.05, 0.1) is 12.9 Å². The van der Waals surface area contributed by atoms with Crippen LogP contribution in [-0.2, 0) is 4.74 Å². The first-order chi connectivity index (χ1) is 10.2. The molecule has 3 rings (SSSR count). The number of carbonyl (C=O) groups excluding carboxylic acids is 1. The normalized spacial score (nSPS) is 18.8. The Hall–Kier alpha value is -1.73. The van der Waals surface area contributed by atoms with E-state index in [1.54, 1.807) is 0 Å². The van der Waals surface area contributed by atoms with Crippen LogP contribution >= 0.6 is 11.6 Å². The molecule has 2 N–H and O–H groups in total. The lowest BCUT2D eigenvalue weighted by molar-refractivity contribution is 0.0473. The fourth-order valence-corrected chi connectivity index (χ4v) is 2.68. The molecule has 0 spiro atoms. The minimum Gasteiger partial charge on any atom is -0.461 e. The van der Waals surface area contributed by atoms with E-state index in [-0.39, 0.29) is 11.0 Å². The summed E-state index contributed by atoms with van der Waals surface area (Å²) in [5.74, 6) is 0.0602. The van der Waals surface area contributed by atoms with Gasteiger partial charge in [-0.25, -0.2) is 14.8 Å². The number of nitrogens with one attached hydrogen (secondary N) is 2. The Labute approximate surface area is 126 Å². The number of rotatable bonds is 4. The maximum atomic E-state index is 12.1. The molecular formula is C13H16ClN5O2. The van der Waals surface area contributed by atoms with E-state index in [4.69, 9.17) is 16.3 Å². The lowest BCUT2D eigenvalue weighted by atomic mass is 9.97. The number of fused-ring (bicyclic) bond motifs is 1. The van der Waals surface area contributed by atoms with Crippen LogP contribution in [0, 0.1) is 5.92 Å². The highest BCUT2D eigenvalue weighted by Crippen LogP contribution is 2.17. The number of nitrogens with zero attached hydrogens (tertiary/aromatic N) is 3. The monoisotopic (exact) mass is 309 g/mol. The van der Waals surface area contributed by atoms with Crippen molar-refractivity contribution in [1.29, 1.82) is 0 Å². The number of imidazole rings is 1. The van der Waals surface area contributed by atoms with Crippen LogP contribution in [0.15, 0.2) is 6.33 Å². The van der Waals surface area contributed by atoms with E-state index in [1.807, 2.05) is 0 Å². The number of aromatic amines is 1. The van der Waals surface area contributed by atoms with E-state index >= 15 is 0 Å². The van der Waals surface area contributed by atoms with Crippen molar-refractivity contribution in [3.63, 3.8) is 0 Å². The third-order valence-corrected chi connectivity index (χ3v) is 3.78. The molecule has 0 aliphatic carbocycles. The van der Waals surface area contributed by atoms with Crippen molar-refractivity contribution in [3.05, 3.63) is 17.3 Å². The molecule has 7 nitrogen and oxygen atoms in total. The van der Waals surface area contributed by atoms with Crippen LogP contribution in [0.2, 0.25) is 5.28 Å². The fraction of sp³-hybridized carbons (Fsp3) is 0.538. The highest BCUT2D eigenvalue weighted by atomic mass is 35.5. The van der Waals surface area contributed by atoms with Gasteiger partial charge in [-0.1, -0.05) is 0 Å². The van der Waals surface area contributed by atoms with E-state index in [9.17, 15) is 4.79 Å². The second kappa shape index (κ2) is 6.36. The molecular weight excluding hydrogens is 294 g/mol. The average molecular weight is 310 g/mol. The second-order valence-electron chi connectivity index (χ2n) is 5.08. The lowest BCUT2D eigenvalue weighted by Crippen LogP contribution is -2.30. The molecule has 1 atom stereocenters. The molecule has 1 aliphatic heterocycles. The molecule has 21 heavy (non-hydrogen) atoms. The largest absolute Gasteiger partial charge is 0.461 e. The van der Waals surface area contributed by atoms with Crippen LogP contribution < -0.4 is 5.32 Å². The smallest absolute Gasteiger partial charge is 0.359 e. The summed E-state index contributed by atoms with van der Waals surface area (Å²) < 4.78 is 5.30. The summed E-state index contributed by atoms with van der Waals surface area (Å²) in [4.78, 5) is 26.8. The maximum absolute atomic E-state index is 12.1. The molecule has 0 radical (unpaired) electrons. The van der Waals surface area contributed by atoms with Crippen molar-refractivity contribution in [2.45, 2.75) is 19.3 Å². The molecule has 1 unspecified atom stereocenters. The van der Waals surface area contributed by atoms with Crippen LogP contribution in [0.1, 0.15) is 29.8 Å². The SMILES string of the molecule is O=C(OCCC1CCCNC1)c1nc(Cl)nc2nc[nH]c12. The number of hydrogen-bond acceptors (Lipinski definition) is 6. The Morgan fingerprint density at radius 1 is 1.48 bits per heavy atom. The van der Waals surface area contributed by atoms with Gasteiger partial charge in [-0.15, -0.1) is 0 Å². The third-order valence-electron chi connectivity index (χ3n) is 3.61. The van der Waals surface area contributed by atoms with Gasteiger partial charge in [-0.3, -0.25) is 0 Å². The van der Waals surface area contributed by atoms with Crippen molar-refractivity contribution in [1.82, 2.24) is 25.3 Å². The Morgan fingerprint density at radius 3 is 3.19 bits per heavy atom. The Morgan fingerprint density at radius 2 is 2.38 bits per heavy atom. The average Bonchev–Trinajstić information content (AvgIpc) is 2.95. The number of ether oxygens (including phenoxy) is 1. The van der Waals surface area contributed by atoms with Gasteiger partial charge in [0, 0.05) is 0 Å². The molecule has 0 amide bonds. The molecule has 0 bridgehead atoms. The predicted molar refractivity (Wildman–Crippen MR) is 77.2 cm³/mol. The van der Waals surface area contributed by atoms with Crippen LogP contribution in [0.3, 0.4) is 0 Å². The summed E-state index contributed by atoms with van der Waals surface area (Å²) in [6, 6.07) is 0. The number of carbonyl (C=O) groups is 1. The van der Waals surface area contributed by atoms with Crippen molar-refractivity contribution in [3.8, 4) is 0 Å². The summed E-state index contributed by atoms with van der Waals surface area (Å²) in [5, 5.41) is 3.33. The number of halogens is 1. The van der Waals surface area contributed by atoms with Crippen LogP contribution in [0.5, 0.6) is 0 Å². The van der Waals surface area contributed by atoms with Gasteiger partial charge in [0.1, 0.15) is 5.52 Å². The summed E-state index contributed by atoms with van der Waals surface area (Å²) in [7, 11) is 0. The van der Waals surface area contributed by atoms with E-state index in [1.165, 1.54) is 19.2 Å². The number of hydrogen-bond donors (Lipinski definition) is 2. The van der Waals surface area contributed by atoms with Gasteiger partial charge in [-0.05, 0) is 49.9 Å². The molecule has 0 saturated carbocycles. The van der Waals surface area contributed by atoms with E-state index < -0.39 is 5.97 Å². The van der Waals surface area contributed by atoms with Gasteiger partial charge >= 0.3 is 5.97 Å². The second-order valence-corrected chi connectivity index (χ2v) is 5.42. The van der Waals surface area contributed by atoms with Gasteiger partial charge in [-0.2, -0.15) is 4.98 Å². The summed E-state index contributed by atoms with van der Waals surface area (Å²) >= 11 is 5.79. The van der Waals surface area contributed by atoms with Gasteiger partial charge in [0.25, 0.3) is 0 Å². The Balaban J connectivity index is 1.62. The van der Waals surface area contributed by atoms with Crippen LogP contribution in [-0.4, -0.2) is 45.6 Å². The molecule has 2 aromatic rings. The Kier molecular flexibility index (Phi) is 4.31. The molecule has 8 heteroatoms. The first-order valence-electron chi connectivity index (χ1n) is 6.98. The molecule has 1 saturated heterocycles. The predicted octanol–water partition coefficient (Wildman–Crippen LogP) is 1.55. The standard InChI is InChI=1S/C13H16ClN5O2/c14-13-18-10(9-11(19-13)17-7-16-9)12(20)21-5-3-8-2-1-4-15-6-8/h7-8,15H,1-6H2,(H,16,17,18,19). The van der Waals surface area contributed by atoms with Crippen molar-refractivity contribution in [2.75, 3.05) is 19.7 Å². The first-order valence-corrected chi connectivity index (χ1v) is 7.36. The number of H-pyrrole nitrogens is 1. The molecule has 1 fully saturated rings. The zero-order valence-electron chi connectivity index (χ0n) is 11.4. The highest BCUT2D eigenvalue weighted by Gasteiger charge is 2.19. The minimum absolute atomic E-state index is 0.0157. The minimum atomic E-state index is -0.502. The van der Waals surface area contributed by atoms with Gasteiger partial charge in [0.15, 0.2) is 11.3 Å². The molecule has 2 aromatic heterocycles. The van der Waals surface area contributed by atoms with Gasteiger partial charge < -0.3 is 15.0 Å². The summed E-state index contributed by atoms with van der Waals surface area (Å²) in [6.07, 6.45) is 4.65. The summed E-state index contributed by atoms with van der Waals surface area (Å²) in [5.41, 5.74) is 0.937.